The predicted octanol–water partition coefficient (Wildman–Crippen LogP) is 20.1. The zero-order valence-electron chi connectivity index (χ0n) is 58.8. The summed E-state index contributed by atoms with van der Waals surface area (Å²) < 4.78 is 68.3. The lowest BCUT2D eigenvalue weighted by molar-refractivity contribution is -0.161. The van der Waals surface area contributed by atoms with Gasteiger partial charge in [0.15, 0.2) is 12.2 Å². The average molecular weight is 1330 g/mol. The molecule has 0 spiro atoms. The molecule has 0 aromatic heterocycles. The fraction of sp³-hybridized carbons (Fsp3) is 0.944. The molecule has 0 aromatic carbocycles. The SMILES string of the molecule is CCC(C)CCCCCCCCCCCCC(=O)OC[C@H](COP(=O)(O)OCC(O)COP(=O)(O)OC[C@@H](COC(=O)CCCCCCCCCC(C)C)OC(=O)CCCCCCCCCCC(C)CC)OC(=O)CCCCCCCCCCCCCC(C)C. The van der Waals surface area contributed by atoms with Crippen LogP contribution in [-0.4, -0.2) is 96.7 Å². The highest BCUT2D eigenvalue weighted by Gasteiger charge is 2.30. The third-order valence-electron chi connectivity index (χ3n) is 17.0. The predicted molar refractivity (Wildman–Crippen MR) is 363 cm³/mol. The normalized spacial score (nSPS) is 14.9. The summed E-state index contributed by atoms with van der Waals surface area (Å²) in [6.45, 7) is 14.1. The van der Waals surface area contributed by atoms with Crippen molar-refractivity contribution >= 4 is 39.5 Å². The summed E-state index contributed by atoms with van der Waals surface area (Å²) in [6.07, 6.45) is 43.0. The third kappa shape index (κ3) is 62.2. The van der Waals surface area contributed by atoms with Gasteiger partial charge in [0.2, 0.25) is 0 Å². The van der Waals surface area contributed by atoms with Gasteiger partial charge in [-0.3, -0.25) is 37.3 Å². The second-order valence-electron chi connectivity index (χ2n) is 27.1. The van der Waals surface area contributed by atoms with Crippen molar-refractivity contribution < 1.29 is 80.2 Å². The van der Waals surface area contributed by atoms with Crippen LogP contribution in [0.15, 0.2) is 0 Å². The summed E-state index contributed by atoms with van der Waals surface area (Å²) in [5, 5.41) is 10.6. The lowest BCUT2D eigenvalue weighted by atomic mass is 9.99. The van der Waals surface area contributed by atoms with Gasteiger partial charge < -0.3 is 33.8 Å². The monoisotopic (exact) mass is 1320 g/mol. The highest BCUT2D eigenvalue weighted by molar-refractivity contribution is 7.47. The first-order chi connectivity index (χ1) is 43.2. The lowest BCUT2D eigenvalue weighted by Gasteiger charge is -2.21. The first kappa shape index (κ1) is 88.1. The number of hydrogen-bond acceptors (Lipinski definition) is 15. The zero-order valence-corrected chi connectivity index (χ0v) is 60.6. The number of ether oxygens (including phenoxy) is 4. The minimum absolute atomic E-state index is 0.104. The Labute approximate surface area is 549 Å². The van der Waals surface area contributed by atoms with E-state index in [1.165, 1.54) is 148 Å². The summed E-state index contributed by atoms with van der Waals surface area (Å²) in [7, 11) is -9.91. The number of phosphoric ester groups is 2. The molecule has 90 heavy (non-hydrogen) atoms. The number of carbonyl (C=O) groups excluding carboxylic acids is 4. The quantitative estimate of drug-likeness (QED) is 0.0222. The maximum Gasteiger partial charge on any atom is 0.472 e. The number of esters is 4. The van der Waals surface area contributed by atoms with Crippen molar-refractivity contribution in [3.63, 3.8) is 0 Å². The van der Waals surface area contributed by atoms with E-state index in [0.717, 1.165) is 114 Å². The van der Waals surface area contributed by atoms with E-state index in [9.17, 15) is 43.2 Å². The van der Waals surface area contributed by atoms with Crippen molar-refractivity contribution in [2.45, 2.75) is 369 Å². The van der Waals surface area contributed by atoms with Gasteiger partial charge in [0.1, 0.15) is 19.3 Å². The van der Waals surface area contributed by atoms with E-state index >= 15 is 0 Å². The molecule has 19 heteroatoms. The topological polar surface area (TPSA) is 237 Å². The molecule has 0 radical (unpaired) electrons. The van der Waals surface area contributed by atoms with E-state index in [2.05, 4.69) is 55.4 Å². The molecule has 5 unspecified atom stereocenters. The van der Waals surface area contributed by atoms with Crippen LogP contribution in [0.3, 0.4) is 0 Å². The van der Waals surface area contributed by atoms with E-state index in [1.807, 2.05) is 0 Å². The van der Waals surface area contributed by atoms with Crippen molar-refractivity contribution in [1.29, 1.82) is 0 Å². The van der Waals surface area contributed by atoms with Gasteiger partial charge in [-0.1, -0.05) is 299 Å². The van der Waals surface area contributed by atoms with Gasteiger partial charge >= 0.3 is 39.5 Å². The van der Waals surface area contributed by atoms with Gasteiger partial charge in [0.25, 0.3) is 0 Å². The van der Waals surface area contributed by atoms with Gasteiger partial charge in [-0.05, 0) is 49.4 Å². The maximum atomic E-state index is 13.0. The molecular weight excluding hydrogens is 1190 g/mol. The Morgan fingerprint density at radius 1 is 0.311 bits per heavy atom. The minimum Gasteiger partial charge on any atom is -0.462 e. The highest BCUT2D eigenvalue weighted by atomic mass is 31.2. The number of rotatable bonds is 68. The zero-order chi connectivity index (χ0) is 66.8. The van der Waals surface area contributed by atoms with E-state index in [4.69, 9.17) is 37.0 Å². The summed E-state index contributed by atoms with van der Waals surface area (Å²) in [5.74, 6) is 0.920. The average Bonchev–Trinajstić information content (AvgIpc) is 3.71. The molecule has 3 N–H and O–H groups in total. The van der Waals surface area contributed by atoms with Crippen LogP contribution in [0.4, 0.5) is 0 Å². The fourth-order valence-electron chi connectivity index (χ4n) is 10.6. The molecule has 0 heterocycles. The van der Waals surface area contributed by atoms with Crippen LogP contribution in [0.25, 0.3) is 0 Å². The van der Waals surface area contributed by atoms with Crippen molar-refractivity contribution in [2.75, 3.05) is 39.6 Å². The van der Waals surface area contributed by atoms with Crippen molar-refractivity contribution in [3.8, 4) is 0 Å². The summed E-state index contributed by atoms with van der Waals surface area (Å²) in [5.41, 5.74) is 0. The Morgan fingerprint density at radius 2 is 0.533 bits per heavy atom. The maximum absolute atomic E-state index is 13.0. The van der Waals surface area contributed by atoms with Crippen LogP contribution in [0.1, 0.15) is 351 Å². The molecule has 0 saturated carbocycles. The van der Waals surface area contributed by atoms with Gasteiger partial charge in [-0.15, -0.1) is 0 Å². The molecule has 0 fully saturated rings. The second kappa shape index (κ2) is 60.7. The molecule has 0 aromatic rings. The first-order valence-electron chi connectivity index (χ1n) is 36.8. The third-order valence-corrected chi connectivity index (χ3v) is 18.9. The molecule has 0 aliphatic rings. The Kier molecular flexibility index (Phi) is 59.4. The Morgan fingerprint density at radius 3 is 0.789 bits per heavy atom. The van der Waals surface area contributed by atoms with Gasteiger partial charge in [-0.25, -0.2) is 9.13 Å². The number of unbranched alkanes of at least 4 members (excludes halogenated alkanes) is 32. The summed E-state index contributed by atoms with van der Waals surface area (Å²) in [4.78, 5) is 72.6. The number of aliphatic hydroxyl groups is 1. The van der Waals surface area contributed by atoms with Crippen molar-refractivity contribution in [3.05, 3.63) is 0 Å². The molecule has 0 aliphatic carbocycles. The summed E-state index contributed by atoms with van der Waals surface area (Å²) in [6, 6.07) is 0. The standard InChI is InChI=1S/C71H138O17P2/c1-9-63(7)49-41-33-25-17-14-15-18-27-35-43-51-68(73)81-57-66(87-70(75)53-45-37-28-19-13-11-12-16-23-31-39-47-61(3)4)59-85-89(77,78)83-55-65(72)56-84-90(79,80)86-60-67(58-82-69(74)52-44-36-30-22-24-32-40-48-62(5)6)88-71(76)54-46-38-29-21-20-26-34-42-50-64(8)10-2/h61-67,72H,9-60H2,1-8H3,(H,77,78)(H,79,80)/t63?,64?,65?,66-,67-/m1/s1. The molecule has 0 bridgehead atoms. The molecule has 17 nitrogen and oxygen atoms in total. The molecule has 534 valence electrons. The first-order valence-corrected chi connectivity index (χ1v) is 39.8. The minimum atomic E-state index is -4.95. The molecule has 0 rings (SSSR count). The van der Waals surface area contributed by atoms with Crippen LogP contribution >= 0.6 is 15.6 Å². The largest absolute Gasteiger partial charge is 0.472 e. The summed E-state index contributed by atoms with van der Waals surface area (Å²) >= 11 is 0. The lowest BCUT2D eigenvalue weighted by Crippen LogP contribution is -2.30. The molecule has 0 amide bonds. The van der Waals surface area contributed by atoms with E-state index in [0.29, 0.717) is 31.6 Å². The van der Waals surface area contributed by atoms with Gasteiger partial charge in [0.05, 0.1) is 26.4 Å². The Hall–Kier alpha value is -1.94. The molecule has 7 atom stereocenters. The van der Waals surface area contributed by atoms with Gasteiger partial charge in [0, 0.05) is 25.7 Å². The van der Waals surface area contributed by atoms with Crippen LogP contribution in [0, 0.1) is 23.7 Å². The van der Waals surface area contributed by atoms with E-state index in [-0.39, 0.29) is 25.7 Å². The van der Waals surface area contributed by atoms with Crippen LogP contribution in [0.2, 0.25) is 0 Å². The number of carbonyl (C=O) groups is 4. The van der Waals surface area contributed by atoms with Crippen LogP contribution in [0.5, 0.6) is 0 Å². The van der Waals surface area contributed by atoms with Crippen LogP contribution < -0.4 is 0 Å². The van der Waals surface area contributed by atoms with Crippen molar-refractivity contribution in [1.82, 2.24) is 0 Å². The number of hydrogen-bond donors (Lipinski definition) is 3. The Bertz CT molecular complexity index is 1790. The second-order valence-corrected chi connectivity index (χ2v) is 30.0. The van der Waals surface area contributed by atoms with E-state index < -0.39 is 97.5 Å². The van der Waals surface area contributed by atoms with Crippen LogP contribution in [-0.2, 0) is 65.4 Å². The van der Waals surface area contributed by atoms with Crippen molar-refractivity contribution in [2.24, 2.45) is 23.7 Å². The fourth-order valence-corrected chi connectivity index (χ4v) is 12.2. The highest BCUT2D eigenvalue weighted by Crippen LogP contribution is 2.45. The number of phosphoric acid groups is 2. The van der Waals surface area contributed by atoms with E-state index in [1.54, 1.807) is 0 Å². The molecule has 0 saturated heterocycles. The Balaban J connectivity index is 5.27. The molecular formula is C71H138O17P2. The van der Waals surface area contributed by atoms with Gasteiger partial charge in [-0.2, -0.15) is 0 Å². The number of aliphatic hydroxyl groups excluding tert-OH is 1. The smallest absolute Gasteiger partial charge is 0.462 e. The molecule has 0 aliphatic heterocycles.